The van der Waals surface area contributed by atoms with Gasteiger partial charge in [0.25, 0.3) is 0 Å². The normalized spacial score (nSPS) is 7.44. The Morgan fingerprint density at radius 3 is 1.56 bits per heavy atom. The lowest BCUT2D eigenvalue weighted by Crippen LogP contribution is -1.66. The van der Waals surface area contributed by atoms with Crippen LogP contribution in [-0.4, -0.2) is 4.70 Å². The molecule has 0 rings (SSSR count). The molecular weight excluding hydrogens is 148 g/mol. The van der Waals surface area contributed by atoms with Gasteiger partial charge in [0, 0.05) is 4.70 Å². The Labute approximate surface area is 69.4 Å². The van der Waals surface area contributed by atoms with E-state index in [1.165, 1.54) is 30.4 Å². The minimum absolute atomic E-state index is 1.28. The zero-order valence-electron chi connectivity index (χ0n) is 6.26. The van der Waals surface area contributed by atoms with E-state index in [1.54, 1.807) is 0 Å². The Morgan fingerprint density at radius 2 is 1.44 bits per heavy atom. The minimum Gasteiger partial charge on any atom is -0.140 e. The lowest BCUT2D eigenvalue weighted by Gasteiger charge is -1.86. The number of thiol groups is 1. The highest BCUT2D eigenvalue weighted by atomic mass is 32.1. The number of rotatable bonds is 3. The Morgan fingerprint density at radius 1 is 1.22 bits per heavy atom. The summed E-state index contributed by atoms with van der Waals surface area (Å²) in [5.41, 5.74) is 0. The number of thiocarbonyl (C=S) groups is 1. The maximum atomic E-state index is 4.13. The zero-order valence-corrected chi connectivity index (χ0v) is 7.97. The van der Waals surface area contributed by atoms with Crippen molar-refractivity contribution in [2.24, 2.45) is 0 Å². The third-order valence-electron chi connectivity index (χ3n) is 0.957. The summed E-state index contributed by atoms with van der Waals surface area (Å²) in [6.45, 7) is 4.46. The van der Waals surface area contributed by atoms with Gasteiger partial charge >= 0.3 is 0 Å². The van der Waals surface area contributed by atoms with Crippen molar-refractivity contribution < 1.29 is 0 Å². The number of hydrogen-bond donors (Lipinski definition) is 1. The molecule has 0 fully saturated rings. The van der Waals surface area contributed by atoms with Crippen molar-refractivity contribution in [1.82, 2.24) is 0 Å². The first-order chi connectivity index (χ1) is 4.33. The van der Waals surface area contributed by atoms with E-state index in [-0.39, 0.29) is 0 Å². The topological polar surface area (TPSA) is 0 Å². The van der Waals surface area contributed by atoms with Crippen LogP contribution in [0.5, 0.6) is 0 Å². The van der Waals surface area contributed by atoms with Crippen LogP contribution in [0.15, 0.2) is 0 Å². The van der Waals surface area contributed by atoms with Gasteiger partial charge in [-0.2, -0.15) is 0 Å². The molecule has 56 valence electrons. The number of hydrogen-bond acceptors (Lipinski definition) is 1. The van der Waals surface area contributed by atoms with Crippen LogP contribution >= 0.6 is 24.8 Å². The molecule has 0 aliphatic carbocycles. The third-order valence-corrected chi connectivity index (χ3v) is 0.957. The van der Waals surface area contributed by atoms with Crippen molar-refractivity contribution in [2.75, 3.05) is 0 Å². The van der Waals surface area contributed by atoms with Crippen molar-refractivity contribution in [3.05, 3.63) is 0 Å². The summed E-state index contributed by atoms with van der Waals surface area (Å²) in [6, 6.07) is 0. The van der Waals surface area contributed by atoms with E-state index in [2.05, 4.69) is 38.7 Å². The Hall–Kier alpha value is 0.440. The molecular formula is C7H16S2. The molecule has 0 heterocycles. The predicted molar refractivity (Wildman–Crippen MR) is 52.5 cm³/mol. The predicted octanol–water partition coefficient (Wildman–Crippen LogP) is 3.46. The van der Waals surface area contributed by atoms with E-state index in [0.717, 1.165) is 0 Å². The van der Waals surface area contributed by atoms with Gasteiger partial charge in [0.05, 0.1) is 0 Å². The van der Waals surface area contributed by atoms with Gasteiger partial charge in [-0.25, -0.2) is 0 Å². The minimum atomic E-state index is 1.28. The van der Waals surface area contributed by atoms with Crippen LogP contribution in [0.2, 0.25) is 0 Å². The van der Waals surface area contributed by atoms with E-state index >= 15 is 0 Å². The zero-order chi connectivity index (χ0) is 7.54. The van der Waals surface area contributed by atoms with E-state index in [4.69, 9.17) is 0 Å². The first kappa shape index (κ1) is 12.1. The van der Waals surface area contributed by atoms with Crippen LogP contribution in [0, 0.1) is 0 Å². The van der Waals surface area contributed by atoms with Gasteiger partial charge in [-0.1, -0.05) is 51.7 Å². The summed E-state index contributed by atoms with van der Waals surface area (Å²) in [4.78, 5) is 0. The fourth-order valence-electron chi connectivity index (χ4n) is 0.500. The molecule has 0 N–H and O–H groups in total. The lowest BCUT2D eigenvalue weighted by molar-refractivity contribution is 0.702. The van der Waals surface area contributed by atoms with Crippen molar-refractivity contribution in [3.63, 3.8) is 0 Å². The monoisotopic (exact) mass is 164 g/mol. The van der Waals surface area contributed by atoms with E-state index in [0.29, 0.717) is 0 Å². The lowest BCUT2D eigenvalue weighted by atomic mass is 10.2. The molecule has 9 heavy (non-hydrogen) atoms. The molecule has 0 amide bonds. The quantitative estimate of drug-likeness (QED) is 0.379. The molecule has 0 aromatic carbocycles. The Balaban J connectivity index is 0. The molecule has 0 aromatic heterocycles. The highest BCUT2D eigenvalue weighted by Crippen LogP contribution is 1.95. The average molecular weight is 164 g/mol. The van der Waals surface area contributed by atoms with Crippen LogP contribution in [0.1, 0.15) is 39.5 Å². The van der Waals surface area contributed by atoms with Crippen LogP contribution in [0.25, 0.3) is 0 Å². The molecule has 0 saturated heterocycles. The van der Waals surface area contributed by atoms with Gasteiger partial charge in [-0.15, -0.1) is 12.6 Å². The molecule has 0 spiro atoms. The largest absolute Gasteiger partial charge is 0.140 e. The Kier molecular flexibility index (Phi) is 21.3. The standard InChI is InChI=1S/C6H14.CH2S2/c1-3-5-6-4-2;2-1-3/h3-6H2,1-2H3;1H,(H,2,3). The third kappa shape index (κ3) is 29.6. The van der Waals surface area contributed by atoms with Crippen molar-refractivity contribution >= 4 is 29.5 Å². The maximum Gasteiger partial charge on any atom is 0.0310 e. The molecule has 0 nitrogen and oxygen atoms in total. The molecule has 0 radical (unpaired) electrons. The SMILES string of the molecule is CCCCCC.S=CS. The van der Waals surface area contributed by atoms with E-state index in [1.807, 2.05) is 0 Å². The molecule has 0 atom stereocenters. The van der Waals surface area contributed by atoms with Gasteiger partial charge < -0.3 is 0 Å². The van der Waals surface area contributed by atoms with Crippen LogP contribution < -0.4 is 0 Å². The van der Waals surface area contributed by atoms with Crippen molar-refractivity contribution in [3.8, 4) is 0 Å². The van der Waals surface area contributed by atoms with Crippen LogP contribution in [0.4, 0.5) is 0 Å². The van der Waals surface area contributed by atoms with Crippen LogP contribution in [-0.2, 0) is 0 Å². The number of unbranched alkanes of at least 4 members (excludes halogenated alkanes) is 3. The van der Waals surface area contributed by atoms with E-state index in [9.17, 15) is 0 Å². The van der Waals surface area contributed by atoms with Gasteiger partial charge in [-0.3, -0.25) is 0 Å². The van der Waals surface area contributed by atoms with Gasteiger partial charge in [0.15, 0.2) is 0 Å². The summed E-state index contributed by atoms with van der Waals surface area (Å²) in [6.07, 6.45) is 5.54. The average Bonchev–Trinajstić information content (AvgIpc) is 1.86. The molecule has 0 aromatic rings. The fourth-order valence-corrected chi connectivity index (χ4v) is 0.500. The molecule has 0 saturated carbocycles. The van der Waals surface area contributed by atoms with Gasteiger partial charge in [0.2, 0.25) is 0 Å². The van der Waals surface area contributed by atoms with Gasteiger partial charge in [-0.05, 0) is 0 Å². The molecule has 0 aliphatic heterocycles. The summed E-state index contributed by atoms with van der Waals surface area (Å²) < 4.78 is 1.28. The fraction of sp³-hybridized carbons (Fsp3) is 0.857. The second-order valence-electron chi connectivity index (χ2n) is 1.81. The maximum absolute atomic E-state index is 4.13. The first-order valence-electron chi connectivity index (χ1n) is 3.41. The van der Waals surface area contributed by atoms with E-state index < -0.39 is 0 Å². The second-order valence-corrected chi connectivity index (χ2v) is 2.66. The Bertz CT molecular complexity index is 40.2. The second kappa shape index (κ2) is 15.8. The van der Waals surface area contributed by atoms with Crippen LogP contribution in [0.3, 0.4) is 0 Å². The first-order valence-corrected chi connectivity index (χ1v) is 4.40. The van der Waals surface area contributed by atoms with Gasteiger partial charge in [0.1, 0.15) is 0 Å². The van der Waals surface area contributed by atoms with Crippen molar-refractivity contribution in [1.29, 1.82) is 0 Å². The molecule has 0 aliphatic rings. The molecule has 0 bridgehead atoms. The highest BCUT2D eigenvalue weighted by Gasteiger charge is 1.75. The smallest absolute Gasteiger partial charge is 0.0310 e. The summed E-state index contributed by atoms with van der Waals surface area (Å²) >= 11 is 7.61. The van der Waals surface area contributed by atoms with Crippen molar-refractivity contribution in [2.45, 2.75) is 39.5 Å². The molecule has 2 heteroatoms. The summed E-state index contributed by atoms with van der Waals surface area (Å²) in [5, 5.41) is 0. The molecule has 0 unspecified atom stereocenters. The summed E-state index contributed by atoms with van der Waals surface area (Å²) in [5.74, 6) is 0. The summed E-state index contributed by atoms with van der Waals surface area (Å²) in [7, 11) is 0. The highest BCUT2D eigenvalue weighted by molar-refractivity contribution is 8.08.